The second kappa shape index (κ2) is 14.7. The van der Waals surface area contributed by atoms with Gasteiger partial charge in [0, 0.05) is 11.8 Å². The maximum atomic E-state index is 13.0. The van der Waals surface area contributed by atoms with Crippen LogP contribution in [0.25, 0.3) is 0 Å². The molecule has 0 aliphatic heterocycles. The lowest BCUT2D eigenvalue weighted by Crippen LogP contribution is -2.47. The second-order valence-corrected chi connectivity index (χ2v) is 11.6. The van der Waals surface area contributed by atoms with Gasteiger partial charge in [-0.2, -0.15) is 0 Å². The van der Waals surface area contributed by atoms with E-state index in [-0.39, 0.29) is 59.6 Å². The van der Waals surface area contributed by atoms with E-state index in [4.69, 9.17) is 9.47 Å². The molecule has 1 amide bonds. The zero-order valence-corrected chi connectivity index (χ0v) is 23.1. The van der Waals surface area contributed by atoms with Crippen molar-refractivity contribution in [3.05, 3.63) is 0 Å². The van der Waals surface area contributed by atoms with Crippen LogP contribution in [0.3, 0.4) is 0 Å². The number of carbonyl (C=O) groups is 4. The molecule has 8 nitrogen and oxygen atoms in total. The van der Waals surface area contributed by atoms with Gasteiger partial charge in [0.1, 0.15) is 30.1 Å². The van der Waals surface area contributed by atoms with Crippen LogP contribution in [-0.4, -0.2) is 55.0 Å². The quantitative estimate of drug-likeness (QED) is 0.384. The number of hydrogen-bond acceptors (Lipinski definition) is 7. The van der Waals surface area contributed by atoms with E-state index in [1.807, 2.05) is 13.8 Å². The zero-order chi connectivity index (χ0) is 26.8. The number of likely N-dealkylation sites (N-methyl/N-ethyl adjacent to an activating group) is 1. The fourth-order valence-electron chi connectivity index (χ4n) is 5.30. The van der Waals surface area contributed by atoms with Crippen LogP contribution < -0.4 is 10.6 Å². The molecule has 2 aliphatic rings. The van der Waals surface area contributed by atoms with Gasteiger partial charge in [-0.15, -0.1) is 0 Å². The molecule has 2 N–H and O–H groups in total. The number of nitrogens with one attached hydrogen (secondary N) is 2. The van der Waals surface area contributed by atoms with Gasteiger partial charge in [-0.3, -0.25) is 14.4 Å². The number of hydrogen-bond donors (Lipinski definition) is 2. The van der Waals surface area contributed by atoms with Crippen LogP contribution in [0, 0.1) is 23.7 Å². The average molecular weight is 509 g/mol. The highest BCUT2D eigenvalue weighted by Crippen LogP contribution is 2.30. The zero-order valence-electron chi connectivity index (χ0n) is 23.1. The van der Waals surface area contributed by atoms with Gasteiger partial charge < -0.3 is 20.1 Å². The van der Waals surface area contributed by atoms with E-state index in [0.717, 1.165) is 19.3 Å². The third kappa shape index (κ3) is 9.83. The molecule has 2 atom stereocenters. The first-order valence-corrected chi connectivity index (χ1v) is 13.9. The van der Waals surface area contributed by atoms with E-state index in [1.165, 1.54) is 0 Å². The van der Waals surface area contributed by atoms with Crippen molar-refractivity contribution < 1.29 is 28.7 Å². The summed E-state index contributed by atoms with van der Waals surface area (Å²) in [6, 6.07) is -0.982. The number of amides is 1. The van der Waals surface area contributed by atoms with Crippen LogP contribution in [-0.2, 0) is 28.7 Å². The fraction of sp³-hybridized carbons (Fsp3) is 0.857. The molecule has 0 heterocycles. The van der Waals surface area contributed by atoms with Gasteiger partial charge in [0.25, 0.3) is 0 Å². The lowest BCUT2D eigenvalue weighted by atomic mass is 9.80. The smallest absolute Gasteiger partial charge is 0.328 e. The summed E-state index contributed by atoms with van der Waals surface area (Å²) in [6.45, 7) is 9.79. The Bertz CT molecular complexity index is 736. The molecule has 0 saturated heterocycles. The van der Waals surface area contributed by atoms with E-state index in [1.54, 1.807) is 14.0 Å². The van der Waals surface area contributed by atoms with Crippen molar-refractivity contribution in [3.8, 4) is 0 Å². The molecule has 36 heavy (non-hydrogen) atoms. The van der Waals surface area contributed by atoms with E-state index in [2.05, 4.69) is 24.5 Å². The predicted octanol–water partition coefficient (Wildman–Crippen LogP) is 3.94. The van der Waals surface area contributed by atoms with E-state index in [0.29, 0.717) is 50.9 Å². The molecule has 2 fully saturated rings. The maximum absolute atomic E-state index is 13.0. The third-order valence-corrected chi connectivity index (χ3v) is 7.51. The summed E-state index contributed by atoms with van der Waals surface area (Å²) < 4.78 is 11.5. The van der Waals surface area contributed by atoms with Crippen molar-refractivity contribution in [2.75, 3.05) is 7.05 Å². The van der Waals surface area contributed by atoms with Crippen molar-refractivity contribution in [2.45, 2.75) is 123 Å². The largest absolute Gasteiger partial charge is 0.461 e. The van der Waals surface area contributed by atoms with Crippen molar-refractivity contribution in [1.82, 2.24) is 10.6 Å². The number of ketones is 1. The van der Waals surface area contributed by atoms with Crippen molar-refractivity contribution in [3.63, 3.8) is 0 Å². The second-order valence-electron chi connectivity index (χ2n) is 11.6. The first-order valence-electron chi connectivity index (χ1n) is 13.9. The minimum absolute atomic E-state index is 0.0548. The van der Waals surface area contributed by atoms with Gasteiger partial charge in [-0.1, -0.05) is 27.7 Å². The molecule has 0 spiro atoms. The molecule has 0 aromatic rings. The topological polar surface area (TPSA) is 111 Å². The molecular formula is C28H48N2O6. The number of carbonyl (C=O) groups excluding carboxylic acids is 4. The Morgan fingerprint density at radius 1 is 0.694 bits per heavy atom. The van der Waals surface area contributed by atoms with Gasteiger partial charge >= 0.3 is 11.9 Å². The van der Waals surface area contributed by atoms with Gasteiger partial charge in [0.05, 0.1) is 0 Å². The van der Waals surface area contributed by atoms with E-state index in [9.17, 15) is 19.2 Å². The molecule has 0 radical (unpaired) electrons. The van der Waals surface area contributed by atoms with Crippen molar-refractivity contribution >= 4 is 23.6 Å². The normalized spacial score (nSPS) is 26.2. The van der Waals surface area contributed by atoms with Gasteiger partial charge in [0.15, 0.2) is 0 Å². The van der Waals surface area contributed by atoms with Crippen LogP contribution in [0.15, 0.2) is 0 Å². The Labute approximate surface area is 217 Å². The van der Waals surface area contributed by atoms with Crippen LogP contribution >= 0.6 is 0 Å². The monoisotopic (exact) mass is 508 g/mol. The third-order valence-electron chi connectivity index (χ3n) is 7.51. The van der Waals surface area contributed by atoms with E-state index >= 15 is 0 Å². The molecule has 2 unspecified atom stereocenters. The molecule has 2 aliphatic carbocycles. The van der Waals surface area contributed by atoms with Crippen LogP contribution in [0.2, 0.25) is 0 Å². The fourth-order valence-corrected chi connectivity index (χ4v) is 5.30. The number of esters is 2. The van der Waals surface area contributed by atoms with Crippen molar-refractivity contribution in [1.29, 1.82) is 0 Å². The molecule has 0 bridgehead atoms. The number of rotatable bonds is 12. The van der Waals surface area contributed by atoms with Gasteiger partial charge in [0.2, 0.25) is 5.91 Å². The standard InChI is InChI=1S/C28H48N2O6/c1-17(2)15-24(29-6)27(33)35-22-11-13-23(14-12-22)36-28(34)25(16-18(3)4)30-26(32)21-9-7-20(8-10-21)19(5)31/h17-18,20-25,29H,7-16H2,1-6H3,(H,30,32). The summed E-state index contributed by atoms with van der Waals surface area (Å²) >= 11 is 0. The Morgan fingerprint density at radius 2 is 1.11 bits per heavy atom. The summed E-state index contributed by atoms with van der Waals surface area (Å²) in [4.78, 5) is 50.0. The summed E-state index contributed by atoms with van der Waals surface area (Å²) in [5.74, 6) is -0.0274. The average Bonchev–Trinajstić information content (AvgIpc) is 2.82. The molecule has 8 heteroatoms. The summed E-state index contributed by atoms with van der Waals surface area (Å²) in [6.07, 6.45) is 6.23. The molecular weight excluding hydrogens is 460 g/mol. The highest BCUT2D eigenvalue weighted by atomic mass is 16.6. The van der Waals surface area contributed by atoms with Crippen LogP contribution in [0.1, 0.15) is 98.8 Å². The highest BCUT2D eigenvalue weighted by Gasteiger charge is 2.34. The number of Topliss-reactive ketones (excluding diaryl/α,β-unsaturated/α-hetero) is 1. The molecule has 2 saturated carbocycles. The predicted molar refractivity (Wildman–Crippen MR) is 138 cm³/mol. The summed E-state index contributed by atoms with van der Waals surface area (Å²) in [7, 11) is 1.77. The Kier molecular flexibility index (Phi) is 12.4. The molecule has 2 rings (SSSR count). The Morgan fingerprint density at radius 3 is 1.53 bits per heavy atom. The van der Waals surface area contributed by atoms with Crippen LogP contribution in [0.4, 0.5) is 0 Å². The van der Waals surface area contributed by atoms with E-state index < -0.39 is 6.04 Å². The number of ether oxygens (including phenoxy) is 2. The van der Waals surface area contributed by atoms with Gasteiger partial charge in [-0.25, -0.2) is 4.79 Å². The lowest BCUT2D eigenvalue weighted by Gasteiger charge is -2.31. The van der Waals surface area contributed by atoms with Gasteiger partial charge in [-0.05, 0) is 90.0 Å². The lowest BCUT2D eigenvalue weighted by molar-refractivity contribution is -0.161. The Hall–Kier alpha value is -1.96. The molecule has 0 aromatic heterocycles. The first-order chi connectivity index (χ1) is 17.0. The SMILES string of the molecule is CNC(CC(C)C)C(=O)OC1CCC(OC(=O)C(CC(C)C)NC(=O)C2CCC(C(C)=O)CC2)CC1. The Balaban J connectivity index is 1.83. The minimum Gasteiger partial charge on any atom is -0.461 e. The maximum Gasteiger partial charge on any atom is 0.328 e. The molecule has 206 valence electrons. The van der Waals surface area contributed by atoms with Crippen LogP contribution in [0.5, 0.6) is 0 Å². The molecule has 0 aromatic carbocycles. The minimum atomic E-state index is -0.675. The first kappa shape index (κ1) is 30.3. The highest BCUT2D eigenvalue weighted by molar-refractivity contribution is 5.86. The summed E-state index contributed by atoms with van der Waals surface area (Å²) in [5.41, 5.74) is 0. The summed E-state index contributed by atoms with van der Waals surface area (Å²) in [5, 5.41) is 5.98. The van der Waals surface area contributed by atoms with Crippen molar-refractivity contribution in [2.24, 2.45) is 23.7 Å².